The van der Waals surface area contributed by atoms with Crippen molar-refractivity contribution < 1.29 is 9.18 Å². The van der Waals surface area contributed by atoms with Crippen LogP contribution in [0.1, 0.15) is 27.2 Å². The Bertz CT molecular complexity index is 1140. The molecule has 6 nitrogen and oxygen atoms in total. The maximum Gasteiger partial charge on any atom is 0.270 e. The first-order chi connectivity index (χ1) is 14.0. The van der Waals surface area contributed by atoms with E-state index in [-0.39, 0.29) is 35.9 Å². The van der Waals surface area contributed by atoms with Crippen molar-refractivity contribution in [2.45, 2.75) is 18.9 Å². The Balaban J connectivity index is 0.00000256. The van der Waals surface area contributed by atoms with Crippen molar-refractivity contribution >= 4 is 35.5 Å². The zero-order valence-electron chi connectivity index (χ0n) is 15.9. The first kappa shape index (κ1) is 21.1. The van der Waals surface area contributed by atoms with Crippen LogP contribution in [0.25, 0.3) is 0 Å². The van der Waals surface area contributed by atoms with Gasteiger partial charge in [0, 0.05) is 23.5 Å². The van der Waals surface area contributed by atoms with Gasteiger partial charge in [0.05, 0.1) is 11.6 Å². The molecule has 1 aliphatic rings. The van der Waals surface area contributed by atoms with Crippen LogP contribution in [-0.4, -0.2) is 16.9 Å². The number of nitrogen functional groups attached to an aromatic ring is 1. The molecule has 0 aliphatic heterocycles. The predicted octanol–water partition coefficient (Wildman–Crippen LogP) is 3.74. The summed E-state index contributed by atoms with van der Waals surface area (Å²) in [7, 11) is 0. The van der Waals surface area contributed by atoms with Crippen LogP contribution in [0.5, 0.6) is 0 Å². The zero-order chi connectivity index (χ0) is 20.4. The number of nitrogens with zero attached hydrogens (tertiary/aromatic N) is 2. The third-order valence-electron chi connectivity index (χ3n) is 4.78. The van der Waals surface area contributed by atoms with E-state index in [4.69, 9.17) is 11.0 Å². The van der Waals surface area contributed by atoms with Crippen LogP contribution in [0, 0.1) is 17.1 Å². The van der Waals surface area contributed by atoms with Crippen LogP contribution in [-0.2, 0) is 12.8 Å². The lowest BCUT2D eigenvalue weighted by Gasteiger charge is -2.13. The average molecular weight is 424 g/mol. The molecule has 0 saturated heterocycles. The first-order valence-electron chi connectivity index (χ1n) is 9.13. The second kappa shape index (κ2) is 8.80. The number of fused-ring (bicyclic) bond motifs is 1. The topological polar surface area (TPSA) is 104 Å². The number of halogens is 2. The summed E-state index contributed by atoms with van der Waals surface area (Å²) < 4.78 is 13.4. The molecule has 30 heavy (non-hydrogen) atoms. The fourth-order valence-electron chi connectivity index (χ4n) is 3.50. The summed E-state index contributed by atoms with van der Waals surface area (Å²) in [5, 5.41) is 15.0. The summed E-state index contributed by atoms with van der Waals surface area (Å²) in [5.41, 5.74) is 9.80. The Labute approximate surface area is 179 Å². The van der Waals surface area contributed by atoms with E-state index in [0.29, 0.717) is 35.6 Å². The molecule has 0 bridgehead atoms. The number of pyridine rings is 1. The van der Waals surface area contributed by atoms with Crippen LogP contribution >= 0.6 is 12.4 Å². The summed E-state index contributed by atoms with van der Waals surface area (Å²) >= 11 is 0. The van der Waals surface area contributed by atoms with Crippen molar-refractivity contribution in [3.05, 3.63) is 82.8 Å². The zero-order valence-corrected chi connectivity index (χ0v) is 16.7. The molecule has 152 valence electrons. The van der Waals surface area contributed by atoms with Crippen molar-refractivity contribution in [2.75, 3.05) is 11.1 Å². The van der Waals surface area contributed by atoms with Gasteiger partial charge in [-0.3, -0.25) is 4.79 Å². The lowest BCUT2D eigenvalue weighted by molar-refractivity contribution is 0.0933. The number of nitrogens with two attached hydrogens (primary N) is 1. The normalized spacial score (nSPS) is 14.2. The highest BCUT2D eigenvalue weighted by Gasteiger charge is 2.24. The van der Waals surface area contributed by atoms with Crippen LogP contribution in [0.3, 0.4) is 0 Å². The van der Waals surface area contributed by atoms with Gasteiger partial charge in [0.15, 0.2) is 0 Å². The maximum absolute atomic E-state index is 13.4. The Morgan fingerprint density at radius 1 is 1.13 bits per heavy atom. The highest BCUT2D eigenvalue weighted by molar-refractivity contribution is 5.94. The molecule has 4 rings (SSSR count). The van der Waals surface area contributed by atoms with Crippen LogP contribution in [0.2, 0.25) is 0 Å². The van der Waals surface area contributed by atoms with Gasteiger partial charge in [-0.1, -0.05) is 12.1 Å². The molecule has 1 aliphatic carbocycles. The van der Waals surface area contributed by atoms with Crippen molar-refractivity contribution in [1.82, 2.24) is 10.3 Å². The summed E-state index contributed by atoms with van der Waals surface area (Å²) in [4.78, 5) is 17.0. The molecule has 1 aromatic heterocycles. The van der Waals surface area contributed by atoms with E-state index in [0.717, 1.165) is 11.1 Å². The van der Waals surface area contributed by atoms with Crippen molar-refractivity contribution in [2.24, 2.45) is 0 Å². The summed E-state index contributed by atoms with van der Waals surface area (Å²) in [5.74, 6) is -0.357. The second-order valence-electron chi connectivity index (χ2n) is 6.98. The van der Waals surface area contributed by atoms with Gasteiger partial charge in [0.2, 0.25) is 0 Å². The molecule has 4 N–H and O–H groups in total. The Hall–Kier alpha value is -3.63. The number of amides is 1. The van der Waals surface area contributed by atoms with Crippen molar-refractivity contribution in [1.29, 1.82) is 5.26 Å². The fraction of sp³-hybridized carbons (Fsp3) is 0.136. The van der Waals surface area contributed by atoms with Gasteiger partial charge in [0.25, 0.3) is 5.91 Å². The maximum atomic E-state index is 13.4. The fourth-order valence-corrected chi connectivity index (χ4v) is 3.50. The highest BCUT2D eigenvalue weighted by atomic mass is 35.5. The van der Waals surface area contributed by atoms with Gasteiger partial charge in [-0.05, 0) is 60.4 Å². The molecular formula is C22H19ClFN5O. The summed E-state index contributed by atoms with van der Waals surface area (Å²) in [6.07, 6.45) is 1.36. The molecule has 1 atom stereocenters. The van der Waals surface area contributed by atoms with E-state index in [2.05, 4.69) is 21.7 Å². The number of nitriles is 1. The van der Waals surface area contributed by atoms with Gasteiger partial charge in [-0.2, -0.15) is 5.26 Å². The van der Waals surface area contributed by atoms with E-state index in [1.807, 2.05) is 12.1 Å². The molecule has 1 unspecified atom stereocenters. The minimum absolute atomic E-state index is 0. The Morgan fingerprint density at radius 2 is 1.93 bits per heavy atom. The molecule has 0 spiro atoms. The molecular weight excluding hydrogens is 405 g/mol. The van der Waals surface area contributed by atoms with Gasteiger partial charge in [0.1, 0.15) is 17.3 Å². The number of hydrogen-bond donors (Lipinski definition) is 3. The number of anilines is 3. The quantitative estimate of drug-likeness (QED) is 0.593. The number of nitrogens with one attached hydrogen (secondary N) is 2. The lowest BCUT2D eigenvalue weighted by Crippen LogP contribution is -2.35. The average Bonchev–Trinajstić information content (AvgIpc) is 3.08. The van der Waals surface area contributed by atoms with Crippen molar-refractivity contribution in [3.63, 3.8) is 0 Å². The van der Waals surface area contributed by atoms with E-state index in [1.165, 1.54) is 18.2 Å². The summed E-state index contributed by atoms with van der Waals surface area (Å²) in [6.45, 7) is 0. The third kappa shape index (κ3) is 4.67. The number of hydrogen-bond acceptors (Lipinski definition) is 5. The van der Waals surface area contributed by atoms with E-state index in [1.54, 1.807) is 24.3 Å². The number of aromatic nitrogens is 1. The largest absolute Gasteiger partial charge is 0.399 e. The van der Waals surface area contributed by atoms with Crippen LogP contribution in [0.4, 0.5) is 21.6 Å². The number of carbonyl (C=O) groups is 1. The smallest absolute Gasteiger partial charge is 0.270 e. The van der Waals surface area contributed by atoms with Gasteiger partial charge in [-0.15, -0.1) is 12.4 Å². The Kier molecular flexibility index (Phi) is 6.19. The molecule has 2 aromatic carbocycles. The monoisotopic (exact) mass is 423 g/mol. The number of benzene rings is 2. The molecule has 8 heteroatoms. The van der Waals surface area contributed by atoms with Gasteiger partial charge < -0.3 is 16.4 Å². The molecule has 1 heterocycles. The summed E-state index contributed by atoms with van der Waals surface area (Å²) in [6, 6.07) is 16.7. The number of rotatable bonds is 4. The van der Waals surface area contributed by atoms with Gasteiger partial charge >= 0.3 is 0 Å². The predicted molar refractivity (Wildman–Crippen MR) is 115 cm³/mol. The van der Waals surface area contributed by atoms with Crippen molar-refractivity contribution in [3.8, 4) is 6.07 Å². The van der Waals surface area contributed by atoms with E-state index in [9.17, 15) is 9.18 Å². The third-order valence-corrected chi connectivity index (χ3v) is 4.78. The molecule has 0 saturated carbocycles. The highest BCUT2D eigenvalue weighted by Crippen LogP contribution is 2.24. The molecule has 0 fully saturated rings. The standard InChI is InChI=1S/C22H18FN5O.ClH/c23-16-2-1-3-18(9-16)26-21-11-17(25)10-20(28-21)22(29)27-19-7-14-5-4-13(12-24)6-15(14)8-19;/h1-6,9-11,19H,7-8H2,(H,27,29)(H3,25,26,28);1H. The van der Waals surface area contributed by atoms with Crippen LogP contribution in [0.15, 0.2) is 54.6 Å². The minimum atomic E-state index is -0.378. The molecule has 0 radical (unpaired) electrons. The minimum Gasteiger partial charge on any atom is -0.399 e. The second-order valence-corrected chi connectivity index (χ2v) is 6.98. The van der Waals surface area contributed by atoms with E-state index < -0.39 is 0 Å². The molecule has 1 amide bonds. The SMILES string of the molecule is Cl.N#Cc1ccc2c(c1)CC(NC(=O)c1cc(N)cc(Nc3cccc(F)c3)n1)C2. The molecule has 3 aromatic rings. The van der Waals surface area contributed by atoms with Crippen LogP contribution < -0.4 is 16.4 Å². The lowest BCUT2D eigenvalue weighted by atomic mass is 10.1. The van der Waals surface area contributed by atoms with Gasteiger partial charge in [-0.25, -0.2) is 9.37 Å². The first-order valence-corrected chi connectivity index (χ1v) is 9.13. The number of carbonyl (C=O) groups excluding carboxylic acids is 1. The Morgan fingerprint density at radius 3 is 2.70 bits per heavy atom. The van der Waals surface area contributed by atoms with E-state index >= 15 is 0 Å².